The molecule has 0 saturated carbocycles. The van der Waals surface area contributed by atoms with Crippen molar-refractivity contribution < 1.29 is 14.7 Å². The lowest BCUT2D eigenvalue weighted by Gasteiger charge is -2.07. The quantitative estimate of drug-likeness (QED) is 0.345. The molecule has 0 aliphatic carbocycles. The Bertz CT molecular complexity index is 627. The summed E-state index contributed by atoms with van der Waals surface area (Å²) in [6.07, 6.45) is -0.618. The van der Waals surface area contributed by atoms with Crippen LogP contribution in [-0.4, -0.2) is 17.1 Å². The van der Waals surface area contributed by atoms with Gasteiger partial charge in [-0.15, -0.1) is 0 Å². The van der Waals surface area contributed by atoms with Gasteiger partial charge in [0.2, 0.25) is 0 Å². The maximum Gasteiger partial charge on any atom is 0.417 e. The third kappa shape index (κ3) is 3.49. The van der Waals surface area contributed by atoms with Crippen LogP contribution in [0.15, 0.2) is 59.8 Å². The van der Waals surface area contributed by atoms with Gasteiger partial charge in [-0.05, 0) is 24.3 Å². The van der Waals surface area contributed by atoms with Crippen LogP contribution in [0.1, 0.15) is 5.56 Å². The summed E-state index contributed by atoms with van der Waals surface area (Å²) in [7, 11) is 0. The zero-order chi connectivity index (χ0) is 14.4. The number of amidine groups is 1. The molecule has 0 aliphatic rings. The Morgan fingerprint density at radius 2 is 1.90 bits per heavy atom. The van der Waals surface area contributed by atoms with E-state index in [0.717, 1.165) is 0 Å². The van der Waals surface area contributed by atoms with Gasteiger partial charge in [0.05, 0.1) is 0 Å². The summed E-state index contributed by atoms with van der Waals surface area (Å²) < 4.78 is 5.08. The Labute approximate surface area is 115 Å². The highest BCUT2D eigenvalue weighted by atomic mass is 16.6. The van der Waals surface area contributed by atoms with E-state index < -0.39 is 6.09 Å². The third-order valence-corrected chi connectivity index (χ3v) is 2.47. The predicted molar refractivity (Wildman–Crippen MR) is 75.0 cm³/mol. The molecule has 4 N–H and O–H groups in total. The van der Waals surface area contributed by atoms with Crippen molar-refractivity contribution in [1.82, 2.24) is 0 Å². The molecular formula is C14H13N3O3. The highest BCUT2D eigenvalue weighted by Gasteiger charge is 2.06. The number of anilines is 1. The molecule has 2 aromatic carbocycles. The van der Waals surface area contributed by atoms with Crippen LogP contribution >= 0.6 is 0 Å². The topological polar surface area (TPSA) is 96.9 Å². The first-order chi connectivity index (χ1) is 9.69. The minimum Gasteiger partial charge on any atom is -0.410 e. The van der Waals surface area contributed by atoms with Crippen molar-refractivity contribution in [3.8, 4) is 5.75 Å². The summed E-state index contributed by atoms with van der Waals surface area (Å²) in [5, 5.41) is 14.1. The molecule has 0 heterocycles. The van der Waals surface area contributed by atoms with Crippen molar-refractivity contribution >= 4 is 17.6 Å². The van der Waals surface area contributed by atoms with E-state index in [4.69, 9.17) is 15.7 Å². The Morgan fingerprint density at radius 1 is 1.15 bits per heavy atom. The molecule has 0 saturated heterocycles. The lowest BCUT2D eigenvalue weighted by molar-refractivity contribution is 0.215. The molecule has 0 aliphatic heterocycles. The first kappa shape index (κ1) is 13.4. The van der Waals surface area contributed by atoms with Crippen LogP contribution in [0.5, 0.6) is 5.75 Å². The smallest absolute Gasteiger partial charge is 0.410 e. The third-order valence-electron chi connectivity index (χ3n) is 2.47. The normalized spacial score (nSPS) is 10.9. The first-order valence-corrected chi connectivity index (χ1v) is 5.81. The fourth-order valence-electron chi connectivity index (χ4n) is 1.55. The molecule has 6 heteroatoms. The average Bonchev–Trinajstić information content (AvgIpc) is 2.47. The van der Waals surface area contributed by atoms with E-state index >= 15 is 0 Å². The van der Waals surface area contributed by atoms with Gasteiger partial charge in [0.15, 0.2) is 5.84 Å². The van der Waals surface area contributed by atoms with Gasteiger partial charge in [-0.3, -0.25) is 5.32 Å². The number of rotatable bonds is 3. The van der Waals surface area contributed by atoms with E-state index in [1.54, 1.807) is 48.5 Å². The molecule has 0 aromatic heterocycles. The van der Waals surface area contributed by atoms with Gasteiger partial charge in [-0.25, -0.2) is 4.79 Å². The van der Waals surface area contributed by atoms with Crippen LogP contribution in [0.4, 0.5) is 10.5 Å². The zero-order valence-electron chi connectivity index (χ0n) is 10.5. The van der Waals surface area contributed by atoms with E-state index in [9.17, 15) is 4.79 Å². The van der Waals surface area contributed by atoms with Crippen molar-refractivity contribution in [2.45, 2.75) is 0 Å². The van der Waals surface area contributed by atoms with Crippen molar-refractivity contribution in [3.05, 3.63) is 60.2 Å². The molecule has 6 nitrogen and oxygen atoms in total. The second-order valence-electron chi connectivity index (χ2n) is 3.89. The lowest BCUT2D eigenvalue weighted by Crippen LogP contribution is -2.18. The molecule has 0 radical (unpaired) electrons. The number of amides is 1. The fourth-order valence-corrected chi connectivity index (χ4v) is 1.55. The fraction of sp³-hybridized carbons (Fsp3) is 0. The molecule has 0 unspecified atom stereocenters. The number of carbonyl (C=O) groups is 1. The maximum atomic E-state index is 11.7. The highest BCUT2D eigenvalue weighted by Crippen LogP contribution is 2.13. The van der Waals surface area contributed by atoms with Crippen LogP contribution in [0.25, 0.3) is 0 Å². The van der Waals surface area contributed by atoms with E-state index in [1.807, 2.05) is 6.07 Å². The minimum atomic E-state index is -0.618. The van der Waals surface area contributed by atoms with Gasteiger partial charge in [-0.1, -0.05) is 35.5 Å². The van der Waals surface area contributed by atoms with Crippen LogP contribution in [0.3, 0.4) is 0 Å². The summed E-state index contributed by atoms with van der Waals surface area (Å²) in [5.41, 5.74) is 6.45. The zero-order valence-corrected chi connectivity index (χ0v) is 10.5. The summed E-state index contributed by atoms with van der Waals surface area (Å²) in [6, 6.07) is 15.3. The number of para-hydroxylation sites is 1. The Morgan fingerprint density at radius 3 is 2.60 bits per heavy atom. The molecule has 102 valence electrons. The maximum absolute atomic E-state index is 11.7. The number of nitrogens with two attached hydrogens (primary N) is 1. The molecule has 20 heavy (non-hydrogen) atoms. The number of carbonyl (C=O) groups excluding carboxylic acids is 1. The average molecular weight is 271 g/mol. The second kappa shape index (κ2) is 6.24. The number of nitrogens with one attached hydrogen (secondary N) is 1. The Balaban J connectivity index is 2.05. The monoisotopic (exact) mass is 271 g/mol. The van der Waals surface area contributed by atoms with E-state index in [1.165, 1.54) is 0 Å². The summed E-state index contributed by atoms with van der Waals surface area (Å²) >= 11 is 0. The number of ether oxygens (including phenoxy) is 1. The molecule has 1 amide bonds. The molecule has 0 bridgehead atoms. The van der Waals surface area contributed by atoms with Crippen LogP contribution < -0.4 is 15.8 Å². The van der Waals surface area contributed by atoms with Gasteiger partial charge in [-0.2, -0.15) is 0 Å². The van der Waals surface area contributed by atoms with Gasteiger partial charge < -0.3 is 15.7 Å². The summed E-state index contributed by atoms with van der Waals surface area (Å²) in [5.74, 6) is 0.405. The minimum absolute atomic E-state index is 0.0370. The Hall–Kier alpha value is -3.02. The molecular weight excluding hydrogens is 258 g/mol. The number of benzene rings is 2. The van der Waals surface area contributed by atoms with E-state index in [-0.39, 0.29) is 5.84 Å². The number of hydrogen-bond donors (Lipinski definition) is 3. The Kier molecular flexibility index (Phi) is 4.18. The molecule has 2 rings (SSSR count). The van der Waals surface area contributed by atoms with Crippen molar-refractivity contribution in [2.24, 2.45) is 10.9 Å². The SMILES string of the molecule is N/C(=N/O)c1cccc(NC(=O)Oc2ccccc2)c1. The van der Waals surface area contributed by atoms with E-state index in [0.29, 0.717) is 17.0 Å². The second-order valence-corrected chi connectivity index (χ2v) is 3.89. The highest BCUT2D eigenvalue weighted by molar-refractivity contribution is 5.98. The first-order valence-electron chi connectivity index (χ1n) is 5.81. The van der Waals surface area contributed by atoms with Crippen molar-refractivity contribution in [3.63, 3.8) is 0 Å². The standard InChI is InChI=1S/C14H13N3O3/c15-13(17-19)10-5-4-6-11(9-10)16-14(18)20-12-7-2-1-3-8-12/h1-9,19H,(H2,15,17)(H,16,18). The van der Waals surface area contributed by atoms with Gasteiger partial charge >= 0.3 is 6.09 Å². The lowest BCUT2D eigenvalue weighted by atomic mass is 10.2. The van der Waals surface area contributed by atoms with Crippen LogP contribution in [-0.2, 0) is 0 Å². The largest absolute Gasteiger partial charge is 0.417 e. The summed E-state index contributed by atoms with van der Waals surface area (Å²) in [4.78, 5) is 11.7. The number of hydrogen-bond acceptors (Lipinski definition) is 4. The van der Waals surface area contributed by atoms with E-state index in [2.05, 4.69) is 10.5 Å². The van der Waals surface area contributed by atoms with Crippen molar-refractivity contribution in [1.29, 1.82) is 0 Å². The van der Waals surface area contributed by atoms with Crippen molar-refractivity contribution in [2.75, 3.05) is 5.32 Å². The predicted octanol–water partition coefficient (Wildman–Crippen LogP) is 2.39. The molecule has 2 aromatic rings. The van der Waals surface area contributed by atoms with Gasteiger partial charge in [0, 0.05) is 11.3 Å². The summed E-state index contributed by atoms with van der Waals surface area (Å²) in [6.45, 7) is 0. The molecule has 0 fully saturated rings. The number of oxime groups is 1. The molecule has 0 spiro atoms. The van der Waals surface area contributed by atoms with Gasteiger partial charge in [0.1, 0.15) is 5.75 Å². The number of nitrogens with zero attached hydrogens (tertiary/aromatic N) is 1. The van der Waals surface area contributed by atoms with Crippen LogP contribution in [0.2, 0.25) is 0 Å². The van der Waals surface area contributed by atoms with Gasteiger partial charge in [0.25, 0.3) is 0 Å². The van der Waals surface area contributed by atoms with Crippen LogP contribution in [0, 0.1) is 0 Å². The molecule has 0 atom stereocenters.